The van der Waals surface area contributed by atoms with Crippen LogP contribution in [0.4, 0.5) is 10.2 Å². The predicted molar refractivity (Wildman–Crippen MR) is 87.0 cm³/mol. The van der Waals surface area contributed by atoms with Crippen molar-refractivity contribution in [2.75, 3.05) is 5.32 Å². The van der Waals surface area contributed by atoms with E-state index in [-0.39, 0.29) is 23.0 Å². The molecule has 3 rings (SSSR count). The van der Waals surface area contributed by atoms with Crippen molar-refractivity contribution in [3.05, 3.63) is 53.6 Å². The third-order valence-electron chi connectivity index (χ3n) is 3.53. The molecule has 120 valence electrons. The summed E-state index contributed by atoms with van der Waals surface area (Å²) in [6.45, 7) is 3.81. The molecule has 2 heterocycles. The molecule has 0 saturated carbocycles. The number of rotatable bonds is 3. The second-order valence-corrected chi connectivity index (χ2v) is 5.56. The highest BCUT2D eigenvalue weighted by Gasteiger charge is 2.17. The number of aromatic nitrogens is 3. The van der Waals surface area contributed by atoms with Crippen molar-refractivity contribution in [3.8, 4) is 6.07 Å². The zero-order chi connectivity index (χ0) is 17.3. The number of benzene rings is 1. The van der Waals surface area contributed by atoms with E-state index in [1.807, 2.05) is 19.9 Å². The number of nitrogens with zero attached hydrogens (tertiary/aromatic N) is 4. The van der Waals surface area contributed by atoms with E-state index in [2.05, 4.69) is 15.4 Å². The van der Waals surface area contributed by atoms with Gasteiger partial charge < -0.3 is 5.32 Å². The number of nitrogens with one attached hydrogen (secondary N) is 1. The molecule has 3 aromatic rings. The molecule has 1 amide bonds. The first kappa shape index (κ1) is 15.6. The van der Waals surface area contributed by atoms with E-state index in [1.54, 1.807) is 23.0 Å². The third-order valence-corrected chi connectivity index (χ3v) is 3.53. The van der Waals surface area contributed by atoms with Gasteiger partial charge in [0.25, 0.3) is 5.91 Å². The molecule has 0 unspecified atom stereocenters. The molecular weight excluding hydrogens is 309 g/mol. The average molecular weight is 323 g/mol. The fourth-order valence-corrected chi connectivity index (χ4v) is 2.33. The van der Waals surface area contributed by atoms with Crippen molar-refractivity contribution in [3.63, 3.8) is 0 Å². The SMILES string of the molecule is CC(C)n1cc(C#N)c(NC(=O)c2cc(F)cc3cccnc23)n1. The number of hydrogen-bond donors (Lipinski definition) is 1. The van der Waals surface area contributed by atoms with E-state index in [1.165, 1.54) is 12.3 Å². The number of hydrogen-bond acceptors (Lipinski definition) is 4. The molecule has 0 aliphatic carbocycles. The lowest BCUT2D eigenvalue weighted by Crippen LogP contribution is -2.15. The van der Waals surface area contributed by atoms with E-state index in [0.29, 0.717) is 10.9 Å². The molecule has 1 aromatic carbocycles. The molecule has 0 saturated heterocycles. The summed E-state index contributed by atoms with van der Waals surface area (Å²) in [6.07, 6.45) is 3.09. The van der Waals surface area contributed by atoms with Gasteiger partial charge in [0.1, 0.15) is 17.4 Å². The van der Waals surface area contributed by atoms with Crippen LogP contribution in [0.2, 0.25) is 0 Å². The van der Waals surface area contributed by atoms with Gasteiger partial charge in [0.05, 0.1) is 11.1 Å². The summed E-state index contributed by atoms with van der Waals surface area (Å²) in [5, 5.41) is 16.5. The largest absolute Gasteiger partial charge is 0.304 e. The number of amides is 1. The van der Waals surface area contributed by atoms with Crippen LogP contribution < -0.4 is 5.32 Å². The van der Waals surface area contributed by atoms with Gasteiger partial charge in [-0.05, 0) is 32.0 Å². The Hall–Kier alpha value is -3.27. The quantitative estimate of drug-likeness (QED) is 0.801. The zero-order valence-electron chi connectivity index (χ0n) is 13.1. The Balaban J connectivity index is 2.01. The Morgan fingerprint density at radius 3 is 2.92 bits per heavy atom. The van der Waals surface area contributed by atoms with Crippen LogP contribution in [0.1, 0.15) is 35.8 Å². The minimum Gasteiger partial charge on any atom is -0.304 e. The summed E-state index contributed by atoms with van der Waals surface area (Å²) in [5.41, 5.74) is 0.720. The van der Waals surface area contributed by atoms with E-state index in [9.17, 15) is 14.4 Å². The van der Waals surface area contributed by atoms with Crippen LogP contribution in [0.25, 0.3) is 10.9 Å². The van der Waals surface area contributed by atoms with Gasteiger partial charge in [-0.2, -0.15) is 10.4 Å². The highest BCUT2D eigenvalue weighted by atomic mass is 19.1. The van der Waals surface area contributed by atoms with Crippen molar-refractivity contribution in [2.24, 2.45) is 0 Å². The van der Waals surface area contributed by atoms with Crippen LogP contribution in [0.3, 0.4) is 0 Å². The molecule has 6 nitrogen and oxygen atoms in total. The fourth-order valence-electron chi connectivity index (χ4n) is 2.33. The first-order valence-corrected chi connectivity index (χ1v) is 7.34. The van der Waals surface area contributed by atoms with Gasteiger partial charge in [-0.25, -0.2) is 4.39 Å². The average Bonchev–Trinajstić information content (AvgIpc) is 2.97. The van der Waals surface area contributed by atoms with Crippen molar-refractivity contribution in [1.29, 1.82) is 5.26 Å². The van der Waals surface area contributed by atoms with E-state index in [0.717, 1.165) is 6.07 Å². The minimum absolute atomic E-state index is 0.0411. The summed E-state index contributed by atoms with van der Waals surface area (Å²) in [7, 11) is 0. The van der Waals surface area contributed by atoms with Crippen molar-refractivity contribution in [1.82, 2.24) is 14.8 Å². The summed E-state index contributed by atoms with van der Waals surface area (Å²) in [5.74, 6) is -0.956. The van der Waals surface area contributed by atoms with E-state index < -0.39 is 11.7 Å². The maximum Gasteiger partial charge on any atom is 0.259 e. The van der Waals surface area contributed by atoms with Crippen molar-refractivity contribution >= 4 is 22.6 Å². The minimum atomic E-state index is -0.566. The fraction of sp³-hybridized carbons (Fsp3) is 0.176. The number of carbonyl (C=O) groups is 1. The summed E-state index contributed by atoms with van der Waals surface area (Å²) in [6, 6.07) is 7.81. The van der Waals surface area contributed by atoms with Crippen LogP contribution >= 0.6 is 0 Å². The number of fused-ring (bicyclic) bond motifs is 1. The van der Waals surface area contributed by atoms with Crippen LogP contribution in [0, 0.1) is 17.1 Å². The third kappa shape index (κ3) is 2.82. The molecule has 0 bridgehead atoms. The summed E-state index contributed by atoms with van der Waals surface area (Å²) >= 11 is 0. The van der Waals surface area contributed by atoms with E-state index in [4.69, 9.17) is 0 Å². The first-order chi connectivity index (χ1) is 11.5. The number of nitriles is 1. The highest BCUT2D eigenvalue weighted by molar-refractivity contribution is 6.11. The summed E-state index contributed by atoms with van der Waals surface area (Å²) in [4.78, 5) is 16.7. The van der Waals surface area contributed by atoms with Gasteiger partial charge in [0, 0.05) is 23.8 Å². The Kier molecular flexibility index (Phi) is 3.96. The van der Waals surface area contributed by atoms with Crippen molar-refractivity contribution < 1.29 is 9.18 Å². The number of carbonyl (C=O) groups excluding carboxylic acids is 1. The Morgan fingerprint density at radius 2 is 2.21 bits per heavy atom. The lowest BCUT2D eigenvalue weighted by molar-refractivity contribution is 0.102. The molecule has 7 heteroatoms. The molecule has 0 radical (unpaired) electrons. The molecule has 0 aliphatic heterocycles. The molecule has 1 N–H and O–H groups in total. The maximum atomic E-state index is 13.8. The highest BCUT2D eigenvalue weighted by Crippen LogP contribution is 2.21. The Morgan fingerprint density at radius 1 is 1.42 bits per heavy atom. The van der Waals surface area contributed by atoms with Gasteiger partial charge in [-0.15, -0.1) is 0 Å². The van der Waals surface area contributed by atoms with Crippen LogP contribution in [-0.4, -0.2) is 20.7 Å². The molecule has 0 spiro atoms. The van der Waals surface area contributed by atoms with Crippen molar-refractivity contribution in [2.45, 2.75) is 19.9 Å². The molecule has 0 fully saturated rings. The topological polar surface area (TPSA) is 83.6 Å². The standard InChI is InChI=1S/C17H14FN5O/c1-10(2)23-9-12(8-19)16(22-23)21-17(24)14-7-13(18)6-11-4-3-5-20-15(11)14/h3-7,9-10H,1-2H3,(H,21,22,24). The van der Waals surface area contributed by atoms with Crippen LogP contribution in [0.5, 0.6) is 0 Å². The van der Waals surface area contributed by atoms with Gasteiger partial charge in [-0.3, -0.25) is 14.5 Å². The number of pyridine rings is 1. The van der Waals surface area contributed by atoms with Gasteiger partial charge in [0.2, 0.25) is 0 Å². The van der Waals surface area contributed by atoms with Crippen LogP contribution in [0.15, 0.2) is 36.7 Å². The first-order valence-electron chi connectivity index (χ1n) is 7.34. The van der Waals surface area contributed by atoms with Gasteiger partial charge >= 0.3 is 0 Å². The summed E-state index contributed by atoms with van der Waals surface area (Å²) < 4.78 is 15.4. The molecule has 0 atom stereocenters. The number of anilines is 1. The predicted octanol–water partition coefficient (Wildman–Crippen LogP) is 3.28. The van der Waals surface area contributed by atoms with Crippen LogP contribution in [-0.2, 0) is 0 Å². The van der Waals surface area contributed by atoms with Gasteiger partial charge in [0.15, 0.2) is 5.82 Å². The second-order valence-electron chi connectivity index (χ2n) is 5.56. The monoisotopic (exact) mass is 323 g/mol. The second kappa shape index (κ2) is 6.08. The smallest absolute Gasteiger partial charge is 0.259 e. The maximum absolute atomic E-state index is 13.8. The molecular formula is C17H14FN5O. The van der Waals surface area contributed by atoms with Gasteiger partial charge in [-0.1, -0.05) is 6.07 Å². The normalized spacial score (nSPS) is 10.8. The molecule has 24 heavy (non-hydrogen) atoms. The Labute approximate surface area is 137 Å². The molecule has 0 aliphatic rings. The van der Waals surface area contributed by atoms with E-state index >= 15 is 0 Å². The lowest BCUT2D eigenvalue weighted by Gasteiger charge is -2.07. The zero-order valence-corrected chi connectivity index (χ0v) is 13.1. The molecule has 2 aromatic heterocycles. The lowest BCUT2D eigenvalue weighted by atomic mass is 10.1. The Bertz CT molecular complexity index is 971. The number of halogens is 1.